The summed E-state index contributed by atoms with van der Waals surface area (Å²) in [6.45, 7) is 4.03. The lowest BCUT2D eigenvalue weighted by atomic mass is 10.0. The van der Waals surface area contributed by atoms with E-state index in [2.05, 4.69) is 10.5 Å². The number of ether oxygens (including phenoxy) is 2. The minimum absolute atomic E-state index is 0.179. The molecule has 0 aliphatic rings. The summed E-state index contributed by atoms with van der Waals surface area (Å²) in [6, 6.07) is 22.2. The molecule has 1 heterocycles. The van der Waals surface area contributed by atoms with Crippen LogP contribution in [0.5, 0.6) is 0 Å². The Balaban J connectivity index is 1.41. The maximum Gasteiger partial charge on any atom is 0.411 e. The molecule has 36 heavy (non-hydrogen) atoms. The first kappa shape index (κ1) is 25.0. The van der Waals surface area contributed by atoms with Crippen LogP contribution in [0, 0.1) is 6.92 Å². The van der Waals surface area contributed by atoms with Crippen molar-refractivity contribution in [3.8, 4) is 22.5 Å². The molecule has 0 bridgehead atoms. The van der Waals surface area contributed by atoms with E-state index in [9.17, 15) is 9.59 Å². The molecule has 4 aromatic rings. The number of esters is 1. The number of halogens is 1. The van der Waals surface area contributed by atoms with E-state index in [4.69, 9.17) is 25.6 Å². The van der Waals surface area contributed by atoms with Gasteiger partial charge in [0.05, 0.1) is 18.8 Å². The van der Waals surface area contributed by atoms with E-state index in [1.165, 1.54) is 0 Å². The van der Waals surface area contributed by atoms with E-state index in [0.717, 1.165) is 22.3 Å². The van der Waals surface area contributed by atoms with Crippen molar-refractivity contribution in [2.75, 3.05) is 18.5 Å². The van der Waals surface area contributed by atoms with Gasteiger partial charge in [0, 0.05) is 17.0 Å². The predicted molar refractivity (Wildman–Crippen MR) is 138 cm³/mol. The third kappa shape index (κ3) is 5.93. The number of benzene rings is 3. The molecule has 184 valence electrons. The molecule has 0 atom stereocenters. The lowest BCUT2D eigenvalue weighted by molar-refractivity contribution is 0.0526. The third-order valence-electron chi connectivity index (χ3n) is 5.53. The summed E-state index contributed by atoms with van der Waals surface area (Å²) in [5.74, 6) is 0.0854. The number of nitrogens with zero attached hydrogens (tertiary/aromatic N) is 1. The first-order chi connectivity index (χ1) is 17.5. The second-order valence-corrected chi connectivity index (χ2v) is 8.36. The van der Waals surface area contributed by atoms with Crippen LogP contribution >= 0.6 is 11.6 Å². The molecule has 7 nitrogen and oxygen atoms in total. The molecule has 0 aliphatic carbocycles. The first-order valence-electron chi connectivity index (χ1n) is 11.5. The van der Waals surface area contributed by atoms with Gasteiger partial charge in [-0.2, -0.15) is 0 Å². The molecule has 1 aromatic heterocycles. The van der Waals surface area contributed by atoms with Crippen molar-refractivity contribution in [1.82, 2.24) is 5.16 Å². The van der Waals surface area contributed by atoms with Crippen molar-refractivity contribution >= 4 is 29.4 Å². The van der Waals surface area contributed by atoms with Gasteiger partial charge in [0.1, 0.15) is 11.4 Å². The maximum absolute atomic E-state index is 12.4. The number of nitrogens with one attached hydrogen (secondary N) is 1. The van der Waals surface area contributed by atoms with Crippen LogP contribution in [-0.2, 0) is 15.9 Å². The molecular weight excluding hydrogens is 480 g/mol. The molecular formula is C28H25ClN2O5. The molecule has 0 radical (unpaired) electrons. The van der Waals surface area contributed by atoms with Gasteiger partial charge in [-0.05, 0) is 48.7 Å². The number of aryl methyl sites for hydroxylation is 1. The monoisotopic (exact) mass is 504 g/mol. The van der Waals surface area contributed by atoms with E-state index in [-0.39, 0.29) is 12.6 Å². The highest BCUT2D eigenvalue weighted by Crippen LogP contribution is 2.32. The quantitative estimate of drug-likeness (QED) is 0.261. The van der Waals surface area contributed by atoms with Crippen molar-refractivity contribution in [2.24, 2.45) is 0 Å². The van der Waals surface area contributed by atoms with E-state index in [0.29, 0.717) is 40.8 Å². The van der Waals surface area contributed by atoms with Crippen LogP contribution in [0.3, 0.4) is 0 Å². The highest BCUT2D eigenvalue weighted by atomic mass is 35.5. The van der Waals surface area contributed by atoms with Crippen molar-refractivity contribution in [1.29, 1.82) is 0 Å². The van der Waals surface area contributed by atoms with Crippen LogP contribution in [0.15, 0.2) is 77.3 Å². The molecule has 0 saturated carbocycles. The predicted octanol–water partition coefficient (Wildman–Crippen LogP) is 6.94. The fourth-order valence-corrected chi connectivity index (χ4v) is 3.86. The summed E-state index contributed by atoms with van der Waals surface area (Å²) in [7, 11) is 0. The molecule has 0 aliphatic heterocycles. The molecule has 0 spiro atoms. The zero-order valence-electron chi connectivity index (χ0n) is 19.9. The first-order valence-corrected chi connectivity index (χ1v) is 11.9. The average molecular weight is 505 g/mol. The molecule has 4 rings (SSSR count). The summed E-state index contributed by atoms with van der Waals surface area (Å²) >= 11 is 6.15. The number of anilines is 1. The van der Waals surface area contributed by atoms with Crippen LogP contribution in [0.4, 0.5) is 10.5 Å². The molecule has 0 fully saturated rings. The van der Waals surface area contributed by atoms with Gasteiger partial charge in [-0.1, -0.05) is 71.4 Å². The van der Waals surface area contributed by atoms with Gasteiger partial charge in [0.25, 0.3) is 0 Å². The minimum atomic E-state index is -0.604. The second kappa shape index (κ2) is 11.6. The number of aromatic nitrogens is 1. The highest BCUT2D eigenvalue weighted by molar-refractivity contribution is 6.31. The van der Waals surface area contributed by atoms with Gasteiger partial charge in [0.2, 0.25) is 0 Å². The van der Waals surface area contributed by atoms with Crippen molar-refractivity contribution < 1.29 is 23.6 Å². The van der Waals surface area contributed by atoms with Gasteiger partial charge in [-0.3, -0.25) is 5.32 Å². The van der Waals surface area contributed by atoms with Gasteiger partial charge in [0.15, 0.2) is 5.76 Å². The fourth-order valence-electron chi connectivity index (χ4n) is 3.63. The second-order valence-electron chi connectivity index (χ2n) is 7.95. The van der Waals surface area contributed by atoms with Gasteiger partial charge in [-0.15, -0.1) is 0 Å². The number of hydrogen-bond donors (Lipinski definition) is 1. The molecule has 3 aromatic carbocycles. The minimum Gasteiger partial charge on any atom is -0.462 e. The molecule has 1 amide bonds. The Morgan fingerprint density at radius 3 is 2.22 bits per heavy atom. The number of carbonyl (C=O) groups excluding carboxylic acids is 2. The van der Waals surface area contributed by atoms with Crippen LogP contribution in [0.2, 0.25) is 5.02 Å². The van der Waals surface area contributed by atoms with Crippen LogP contribution in [0.25, 0.3) is 22.5 Å². The zero-order chi connectivity index (χ0) is 25.5. The summed E-state index contributed by atoms with van der Waals surface area (Å²) < 4.78 is 15.8. The summed E-state index contributed by atoms with van der Waals surface area (Å²) in [5.41, 5.74) is 5.04. The molecule has 0 unspecified atom stereocenters. The highest BCUT2D eigenvalue weighted by Gasteiger charge is 2.18. The Hall–Kier alpha value is -4.10. The Kier molecular flexibility index (Phi) is 8.02. The molecule has 1 N–H and O–H groups in total. The Labute approximate surface area is 214 Å². The number of amides is 1. The Morgan fingerprint density at radius 1 is 0.917 bits per heavy atom. The maximum atomic E-state index is 12.4. The fraction of sp³-hybridized carbons (Fsp3) is 0.179. The topological polar surface area (TPSA) is 90.7 Å². The van der Waals surface area contributed by atoms with Crippen molar-refractivity contribution in [2.45, 2.75) is 20.3 Å². The van der Waals surface area contributed by atoms with Crippen LogP contribution in [-0.4, -0.2) is 30.4 Å². The zero-order valence-corrected chi connectivity index (χ0v) is 20.7. The van der Waals surface area contributed by atoms with Gasteiger partial charge in [-0.25, -0.2) is 9.59 Å². The normalized spacial score (nSPS) is 10.6. The van der Waals surface area contributed by atoms with E-state index in [1.54, 1.807) is 32.0 Å². The third-order valence-corrected chi connectivity index (χ3v) is 5.90. The summed E-state index contributed by atoms with van der Waals surface area (Å²) in [4.78, 5) is 24.3. The van der Waals surface area contributed by atoms with E-state index < -0.39 is 6.09 Å². The van der Waals surface area contributed by atoms with Gasteiger partial charge < -0.3 is 14.0 Å². The van der Waals surface area contributed by atoms with Crippen molar-refractivity contribution in [3.05, 3.63) is 94.6 Å². The smallest absolute Gasteiger partial charge is 0.411 e. The Morgan fingerprint density at radius 2 is 1.56 bits per heavy atom. The summed E-state index contributed by atoms with van der Waals surface area (Å²) in [6.07, 6.45) is -0.0990. The Bertz CT molecular complexity index is 1350. The number of rotatable bonds is 8. The number of carbonyl (C=O) groups is 2. The van der Waals surface area contributed by atoms with Crippen molar-refractivity contribution in [3.63, 3.8) is 0 Å². The molecule has 0 saturated heterocycles. The lowest BCUT2D eigenvalue weighted by Crippen LogP contribution is -2.16. The summed E-state index contributed by atoms with van der Waals surface area (Å²) in [5, 5.41) is 7.37. The largest absolute Gasteiger partial charge is 0.462 e. The standard InChI is InChI=1S/C28H25ClN2O5/c1-3-34-27(32)23-14-10-20(11-15-23)19-8-12-22(13-9-19)26-25(18(2)31-36-26)30-28(33)35-17-16-21-6-4-5-7-24(21)29/h4-15H,3,16-17H2,1-2H3,(H,30,33). The van der Waals surface area contributed by atoms with Crippen LogP contribution < -0.4 is 5.32 Å². The van der Waals surface area contributed by atoms with E-state index in [1.807, 2.05) is 54.6 Å². The average Bonchev–Trinajstić information content (AvgIpc) is 3.25. The van der Waals surface area contributed by atoms with Gasteiger partial charge >= 0.3 is 12.1 Å². The molecule has 8 heteroatoms. The SMILES string of the molecule is CCOC(=O)c1ccc(-c2ccc(-c3onc(C)c3NC(=O)OCCc3ccccc3Cl)cc2)cc1. The number of hydrogen-bond acceptors (Lipinski definition) is 6. The van der Waals surface area contributed by atoms with Crippen LogP contribution in [0.1, 0.15) is 28.5 Å². The lowest BCUT2D eigenvalue weighted by Gasteiger charge is -2.09. The van der Waals surface area contributed by atoms with E-state index >= 15 is 0 Å².